The minimum atomic E-state index is -1.70. The van der Waals surface area contributed by atoms with E-state index in [1.54, 1.807) is 11.1 Å². The van der Waals surface area contributed by atoms with Gasteiger partial charge in [-0.2, -0.15) is 0 Å². The Bertz CT molecular complexity index is 465. The van der Waals surface area contributed by atoms with E-state index < -0.39 is 26.8 Å². The van der Waals surface area contributed by atoms with Crippen molar-refractivity contribution in [2.24, 2.45) is 0 Å². The monoisotopic (exact) mass is 617 g/mol. The fourth-order valence-corrected chi connectivity index (χ4v) is 36.0. The van der Waals surface area contributed by atoms with Gasteiger partial charge in [0.1, 0.15) is 0 Å². The second kappa shape index (κ2) is 9.28. The summed E-state index contributed by atoms with van der Waals surface area (Å²) in [7, 11) is 0. The summed E-state index contributed by atoms with van der Waals surface area (Å²) in [4.78, 5) is 0. The van der Waals surface area contributed by atoms with Crippen molar-refractivity contribution in [2.75, 3.05) is 0 Å². The number of allylic oxidation sites excluding steroid dienone is 8. The summed E-state index contributed by atoms with van der Waals surface area (Å²) in [5.41, 5.74) is 3.28. The minimum Gasteiger partial charge on any atom is -1.00 e. The van der Waals surface area contributed by atoms with Crippen molar-refractivity contribution >= 4 is 5.92 Å². The molecule has 2 rings (SSSR count). The minimum absolute atomic E-state index is 0. The molecule has 0 bridgehead atoms. The first kappa shape index (κ1) is 23.5. The average molecular weight is 619 g/mol. The smallest absolute Gasteiger partial charge is 1.00 e. The van der Waals surface area contributed by atoms with E-state index >= 15 is 0 Å². The van der Waals surface area contributed by atoms with Crippen LogP contribution in [0.2, 0.25) is 18.3 Å². The predicted octanol–water partition coefficient (Wildman–Crippen LogP) is -0.234. The zero-order valence-electron chi connectivity index (χ0n) is 14.7. The van der Waals surface area contributed by atoms with E-state index in [1.807, 2.05) is 0 Å². The van der Waals surface area contributed by atoms with Crippen LogP contribution in [0.15, 0.2) is 47.6 Å². The Hall–Kier alpha value is 1.52. The summed E-state index contributed by atoms with van der Waals surface area (Å²) < 4.78 is 0.896. The van der Waals surface area contributed by atoms with Crippen LogP contribution < -0.4 is 48.0 Å². The number of rotatable bonds is 5. The molecule has 2 atom stereocenters. The van der Waals surface area contributed by atoms with Gasteiger partial charge in [0, 0.05) is 0 Å². The summed E-state index contributed by atoms with van der Waals surface area (Å²) in [6.07, 6.45) is 14.5. The van der Waals surface area contributed by atoms with Crippen molar-refractivity contribution in [3.05, 3.63) is 47.6 Å². The van der Waals surface area contributed by atoms with Crippen LogP contribution >= 0.6 is 0 Å². The Balaban J connectivity index is 0.00000220. The van der Waals surface area contributed by atoms with Crippen molar-refractivity contribution in [3.63, 3.8) is 0 Å². The number of hydrogen-bond donors (Lipinski definition) is 0. The first-order valence-electron chi connectivity index (χ1n) is 8.01. The molecule has 0 aromatic heterocycles. The third kappa shape index (κ3) is 4.01. The molecule has 0 spiro atoms. The average Bonchev–Trinajstić information content (AvgIpc) is 2.92. The van der Waals surface area contributed by atoms with Crippen molar-refractivity contribution < 1.29 is 68.9 Å². The van der Waals surface area contributed by atoms with Crippen LogP contribution in [0.4, 0.5) is 0 Å². The van der Waals surface area contributed by atoms with Gasteiger partial charge in [0.15, 0.2) is 0 Å². The molecule has 2 aliphatic rings. The maximum Gasteiger partial charge on any atom is -1.00 e. The van der Waals surface area contributed by atoms with Gasteiger partial charge < -0.3 is 48.0 Å². The molecule has 0 saturated carbocycles. The fourth-order valence-electron chi connectivity index (χ4n) is 4.07. The van der Waals surface area contributed by atoms with E-state index in [-0.39, 0.29) is 48.0 Å². The predicted molar refractivity (Wildman–Crippen MR) is 90.6 cm³/mol. The van der Waals surface area contributed by atoms with Gasteiger partial charge in [-0.3, -0.25) is 0 Å². The molecule has 123 valence electrons. The summed E-state index contributed by atoms with van der Waals surface area (Å²) in [5, 5.41) is 0. The third-order valence-electron chi connectivity index (χ3n) is 5.70. The van der Waals surface area contributed by atoms with E-state index in [0.717, 1.165) is 0 Å². The Morgan fingerprint density at radius 1 is 0.864 bits per heavy atom. The molecule has 2 aliphatic carbocycles. The molecule has 0 N–H and O–H groups in total. The van der Waals surface area contributed by atoms with E-state index in [2.05, 4.69) is 78.0 Å². The molecule has 0 radical (unpaired) electrons. The van der Waals surface area contributed by atoms with E-state index in [9.17, 15) is 0 Å². The van der Waals surface area contributed by atoms with E-state index in [0.29, 0.717) is 6.25 Å². The molecule has 0 heterocycles. The van der Waals surface area contributed by atoms with Gasteiger partial charge in [-0.15, -0.1) is 0 Å². The van der Waals surface area contributed by atoms with Crippen LogP contribution in [-0.4, -0.2) is 5.92 Å². The Morgan fingerprint density at radius 2 is 1.23 bits per heavy atom. The fraction of sp³-hybridized carbons (Fsp3) is 0.556. The molecule has 0 aromatic rings. The normalized spacial score (nSPS) is 29.0. The van der Waals surface area contributed by atoms with Crippen molar-refractivity contribution in [3.8, 4) is 0 Å². The quantitative estimate of drug-likeness (QED) is 0.295. The topological polar surface area (TPSA) is 0 Å². The molecular weight excluding hydrogens is 589 g/mol. The number of hydrogen-bond acceptors (Lipinski definition) is 0. The molecule has 4 heteroatoms. The van der Waals surface area contributed by atoms with E-state index in [1.165, 1.54) is 12.1 Å². The Morgan fingerprint density at radius 3 is 1.45 bits per heavy atom. The first-order chi connectivity index (χ1) is 9.40. The largest absolute Gasteiger partial charge is 1.00 e. The van der Waals surface area contributed by atoms with Crippen LogP contribution in [0.3, 0.4) is 0 Å². The summed E-state index contributed by atoms with van der Waals surface area (Å²) in [6, 6.07) is 2.97. The zero-order chi connectivity index (χ0) is 15.0. The zero-order valence-corrected chi connectivity index (χ0v) is 22.6. The van der Waals surface area contributed by atoms with Crippen molar-refractivity contribution in [2.45, 2.75) is 59.9 Å². The molecule has 22 heavy (non-hydrogen) atoms. The molecule has 0 aliphatic heterocycles. The summed E-state index contributed by atoms with van der Waals surface area (Å²) in [6.45, 7) is 14.8. The van der Waals surface area contributed by atoms with Crippen LogP contribution in [0.1, 0.15) is 41.5 Å². The number of halogens is 2. The van der Waals surface area contributed by atoms with Gasteiger partial charge >= 0.3 is 134 Å². The van der Waals surface area contributed by atoms with Crippen LogP contribution in [-0.2, 0) is 20.9 Å². The SMILES string of the molecule is CC[SiH](CC)[Zr+2]([C]1(C)C=CC=C1C)[C]1(C)C=CC=C1C.[I-].[I-]. The Kier molecular flexibility index (Phi) is 9.92. The van der Waals surface area contributed by atoms with Gasteiger partial charge in [0.2, 0.25) is 0 Å². The van der Waals surface area contributed by atoms with Crippen molar-refractivity contribution in [1.29, 1.82) is 0 Å². The van der Waals surface area contributed by atoms with Crippen LogP contribution in [0.25, 0.3) is 0 Å². The molecular formula is C18H29I2SiZr. The van der Waals surface area contributed by atoms with Gasteiger partial charge in [0.25, 0.3) is 0 Å². The maximum atomic E-state index is 2.56. The van der Waals surface area contributed by atoms with E-state index in [4.69, 9.17) is 0 Å². The van der Waals surface area contributed by atoms with Gasteiger partial charge in [-0.05, 0) is 0 Å². The molecule has 0 aromatic carbocycles. The standard InChI is InChI=1S/2C7H9.C4H11Si.2HI.Zr/c2*1-6-4-3-5-7(6)2;1-3-5-4-2;;;/h2*3-5H,1-2H3;5H,3-4H2,1-2H3;2*1H;/q;;;;;+2/p-2. The molecule has 0 amide bonds. The second-order valence-corrected chi connectivity index (χ2v) is 26.4. The summed E-state index contributed by atoms with van der Waals surface area (Å²) >= 11 is -1.70. The Labute approximate surface area is 180 Å². The van der Waals surface area contributed by atoms with Crippen molar-refractivity contribution in [1.82, 2.24) is 0 Å². The van der Waals surface area contributed by atoms with Gasteiger partial charge in [-0.1, -0.05) is 0 Å². The van der Waals surface area contributed by atoms with Gasteiger partial charge in [-0.25, -0.2) is 0 Å². The maximum absolute atomic E-state index is 2.56. The molecule has 0 fully saturated rings. The van der Waals surface area contributed by atoms with Crippen LogP contribution in [0, 0.1) is 0 Å². The molecule has 0 saturated heterocycles. The van der Waals surface area contributed by atoms with Gasteiger partial charge in [0.05, 0.1) is 0 Å². The third-order valence-corrected chi connectivity index (χ3v) is 35.9. The first-order valence-corrected chi connectivity index (χ1v) is 16.9. The second-order valence-electron chi connectivity index (χ2n) is 6.75. The summed E-state index contributed by atoms with van der Waals surface area (Å²) in [5.74, 6) is -0.612. The van der Waals surface area contributed by atoms with Crippen LogP contribution in [0.5, 0.6) is 0 Å². The molecule has 2 unspecified atom stereocenters. The molecule has 0 nitrogen and oxygen atoms in total.